The van der Waals surface area contributed by atoms with Gasteiger partial charge in [-0.15, -0.1) is 0 Å². The Morgan fingerprint density at radius 1 is 1.38 bits per heavy atom. The topological polar surface area (TPSA) is 170 Å². The Kier molecular flexibility index (Phi) is 11.8. The number of aliphatic imine (C=N–C) groups is 1. The number of carboxylic acids is 1. The number of nitrogens with zero attached hydrogens (tertiary/aromatic N) is 2. The second-order valence-electron chi connectivity index (χ2n) is 4.18. The number of nitrogens with one attached hydrogen (secondary N) is 1. The summed E-state index contributed by atoms with van der Waals surface area (Å²) < 4.78 is 1.06. The number of H-pyrrole nitrogens is 1. The fraction of sp³-hybridized carbons (Fsp3) is 0.154. The molecule has 1 radical (unpaired) electrons. The van der Waals surface area contributed by atoms with Crippen molar-refractivity contribution in [2.45, 2.75) is 12.5 Å². The molecule has 0 saturated carbocycles. The number of benzene rings is 1. The van der Waals surface area contributed by atoms with Crippen molar-refractivity contribution in [1.29, 1.82) is 0 Å². The Labute approximate surface area is 164 Å². The van der Waals surface area contributed by atoms with Gasteiger partial charge in [-0.2, -0.15) is 0 Å². The quantitative estimate of drug-likeness (QED) is 0.398. The summed E-state index contributed by atoms with van der Waals surface area (Å²) in [5.74, 6) is -1.59. The predicted molar refractivity (Wildman–Crippen MR) is 89.7 cm³/mol. The number of hydrogen-bond acceptors (Lipinski definition) is 5. The zero-order valence-corrected chi connectivity index (χ0v) is 16.2. The number of aromatic amines is 1. The van der Waals surface area contributed by atoms with Gasteiger partial charge in [-0.1, -0.05) is 37.6 Å². The van der Waals surface area contributed by atoms with Gasteiger partial charge in [0.1, 0.15) is 0 Å². The van der Waals surface area contributed by atoms with Crippen molar-refractivity contribution >= 4 is 44.0 Å². The van der Waals surface area contributed by atoms with Gasteiger partial charge in [0.2, 0.25) is 0 Å². The van der Waals surface area contributed by atoms with Crippen molar-refractivity contribution < 1.29 is 42.7 Å². The third-order valence-electron chi connectivity index (χ3n) is 2.66. The van der Waals surface area contributed by atoms with Crippen LogP contribution in [0.5, 0.6) is 5.75 Å². The molecule has 0 spiro atoms. The Morgan fingerprint density at radius 2 is 2.04 bits per heavy atom. The van der Waals surface area contributed by atoms with Crippen molar-refractivity contribution in [3.63, 3.8) is 0 Å². The van der Waals surface area contributed by atoms with E-state index in [0.29, 0.717) is 14.6 Å². The maximum absolute atomic E-state index is 11.9. The maximum atomic E-state index is 11.9. The Morgan fingerprint density at radius 3 is 2.58 bits per heavy atom. The maximum Gasteiger partial charge on any atom is 2.00 e. The summed E-state index contributed by atoms with van der Waals surface area (Å²) in [4.78, 5) is 21.7. The van der Waals surface area contributed by atoms with Crippen LogP contribution in [0.1, 0.15) is 11.3 Å². The number of carbonyl (C=O) groups is 1. The summed E-state index contributed by atoms with van der Waals surface area (Å²) in [6.45, 7) is 0. The van der Waals surface area contributed by atoms with Crippen LogP contribution in [0.4, 0.5) is 0 Å². The molecule has 1 aromatic carbocycles. The first-order valence-electron chi connectivity index (χ1n) is 5.85. The van der Waals surface area contributed by atoms with Crippen LogP contribution in [0.15, 0.2) is 38.6 Å². The van der Waals surface area contributed by atoms with Crippen molar-refractivity contribution in [2.24, 2.45) is 4.99 Å². The SMILES string of the molecule is O=C([O-])C(Cc1c[nH]cn1)N=Cc1cc(Br)cc(Br)c1[O-].[Co+2].[OH3+].[OH3+]. The Balaban J connectivity index is 0. The summed E-state index contributed by atoms with van der Waals surface area (Å²) in [5, 5.41) is 23.0. The molecule has 133 valence electrons. The molecule has 0 fully saturated rings. The molecule has 1 unspecified atom stereocenters. The molecule has 0 bridgehead atoms. The minimum Gasteiger partial charge on any atom is -0.871 e. The van der Waals surface area contributed by atoms with Gasteiger partial charge in [0.15, 0.2) is 0 Å². The smallest absolute Gasteiger partial charge is 0.871 e. The Hall–Kier alpha value is -1.24. The largest absolute Gasteiger partial charge is 2.00 e. The fourth-order valence-electron chi connectivity index (χ4n) is 1.64. The molecule has 8 nitrogen and oxygen atoms in total. The number of aliphatic carboxylic acids is 1. The molecule has 1 heterocycles. The molecular formula is C13H15Br2CoN3O5+2. The Bertz CT molecular complexity index is 682. The van der Waals surface area contributed by atoms with E-state index in [4.69, 9.17) is 0 Å². The zero-order chi connectivity index (χ0) is 15.4. The van der Waals surface area contributed by atoms with Crippen LogP contribution < -0.4 is 10.2 Å². The van der Waals surface area contributed by atoms with E-state index in [2.05, 4.69) is 46.8 Å². The van der Waals surface area contributed by atoms with Crippen LogP contribution in [0.25, 0.3) is 0 Å². The number of rotatable bonds is 5. The van der Waals surface area contributed by atoms with E-state index in [0.717, 1.165) is 0 Å². The molecule has 2 rings (SSSR count). The van der Waals surface area contributed by atoms with Crippen LogP contribution in [-0.2, 0) is 38.9 Å². The number of hydrogen-bond donors (Lipinski definition) is 1. The summed E-state index contributed by atoms with van der Waals surface area (Å²) in [6.07, 6.45) is 4.36. The van der Waals surface area contributed by atoms with Gasteiger partial charge in [0.05, 0.1) is 24.0 Å². The van der Waals surface area contributed by atoms with E-state index in [-0.39, 0.29) is 45.5 Å². The average molecular weight is 512 g/mol. The van der Waals surface area contributed by atoms with E-state index in [1.54, 1.807) is 18.3 Å². The zero-order valence-electron chi connectivity index (χ0n) is 12.0. The molecule has 2 aromatic rings. The third kappa shape index (κ3) is 6.71. The van der Waals surface area contributed by atoms with Crippen molar-refractivity contribution in [1.82, 2.24) is 9.97 Å². The van der Waals surface area contributed by atoms with E-state index in [1.165, 1.54) is 12.5 Å². The number of imidazole rings is 1. The van der Waals surface area contributed by atoms with Crippen LogP contribution >= 0.6 is 31.9 Å². The van der Waals surface area contributed by atoms with E-state index in [9.17, 15) is 15.0 Å². The van der Waals surface area contributed by atoms with Gasteiger partial charge in [-0.05, 0) is 17.7 Å². The second kappa shape index (κ2) is 11.3. The van der Waals surface area contributed by atoms with Gasteiger partial charge in [0.25, 0.3) is 0 Å². The average Bonchev–Trinajstić information content (AvgIpc) is 2.92. The number of halogens is 2. The number of aromatic nitrogens is 2. The van der Waals surface area contributed by atoms with Gasteiger partial charge < -0.3 is 30.9 Å². The normalized spacial score (nSPS) is 11.1. The van der Waals surface area contributed by atoms with Crippen LogP contribution in [0.2, 0.25) is 0 Å². The number of carboxylic acid groups (broad SMARTS) is 1. The minimum absolute atomic E-state index is 0. The van der Waals surface area contributed by atoms with Gasteiger partial charge in [0, 0.05) is 27.8 Å². The standard InChI is InChI=1S/C13H11Br2N3O3.Co.2H2O/c14-8-1-7(12(19)10(15)2-8)4-17-11(13(20)21)3-9-5-16-6-18-9;;;/h1-2,4-6,11,19H,3H2,(H,16,18)(H,20,21);;2*1H2/q;+2;;. The fourth-order valence-corrected chi connectivity index (χ4v) is 2.90. The van der Waals surface area contributed by atoms with Crippen LogP contribution in [0, 0.1) is 0 Å². The summed E-state index contributed by atoms with van der Waals surface area (Å²) in [5.41, 5.74) is 0.837. The first-order valence-corrected chi connectivity index (χ1v) is 7.43. The summed E-state index contributed by atoms with van der Waals surface area (Å²) >= 11 is 6.39. The van der Waals surface area contributed by atoms with E-state index >= 15 is 0 Å². The third-order valence-corrected chi connectivity index (χ3v) is 3.71. The van der Waals surface area contributed by atoms with Gasteiger partial charge in [-0.3, -0.25) is 4.99 Å². The first-order chi connectivity index (χ1) is 9.97. The van der Waals surface area contributed by atoms with Gasteiger partial charge in [-0.25, -0.2) is 4.98 Å². The summed E-state index contributed by atoms with van der Waals surface area (Å²) in [7, 11) is 0. The monoisotopic (exact) mass is 510 g/mol. The molecule has 1 aromatic heterocycles. The minimum atomic E-state index is -1.32. The first kappa shape index (κ1) is 25.0. The van der Waals surface area contributed by atoms with E-state index in [1.807, 2.05) is 0 Å². The van der Waals surface area contributed by atoms with Gasteiger partial charge >= 0.3 is 16.8 Å². The second-order valence-corrected chi connectivity index (χ2v) is 5.95. The van der Waals surface area contributed by atoms with E-state index < -0.39 is 12.0 Å². The molecule has 7 N–H and O–H groups in total. The van der Waals surface area contributed by atoms with Crippen molar-refractivity contribution in [2.75, 3.05) is 0 Å². The molecule has 1 atom stereocenters. The van der Waals surface area contributed by atoms with Crippen molar-refractivity contribution in [3.8, 4) is 5.75 Å². The molecule has 0 saturated heterocycles. The molecule has 11 heteroatoms. The molecular weight excluding hydrogens is 497 g/mol. The summed E-state index contributed by atoms with van der Waals surface area (Å²) in [6, 6.07) is 2.07. The molecule has 24 heavy (non-hydrogen) atoms. The van der Waals surface area contributed by atoms with Crippen LogP contribution in [0.3, 0.4) is 0 Å². The number of carbonyl (C=O) groups excluding carboxylic acids is 1. The molecule has 0 aliphatic rings. The molecule has 0 aliphatic heterocycles. The molecule has 0 aliphatic carbocycles. The predicted octanol–water partition coefficient (Wildman–Crippen LogP) is -1.06. The van der Waals surface area contributed by atoms with Crippen LogP contribution in [-0.4, -0.2) is 28.2 Å². The molecule has 0 amide bonds. The van der Waals surface area contributed by atoms with Crippen molar-refractivity contribution in [3.05, 3.63) is 44.9 Å².